The van der Waals surface area contributed by atoms with E-state index in [0.717, 1.165) is 19.6 Å². The number of nitrogens with two attached hydrogens (primary N) is 1. The van der Waals surface area contributed by atoms with Crippen LogP contribution in [0.5, 0.6) is 0 Å². The number of halogens is 1. The Balaban J connectivity index is 2.04. The fraction of sp³-hybridized carbons (Fsp3) is 0.600. The maximum atomic E-state index is 5.76. The number of anilines is 2. The molecule has 5 nitrogen and oxygen atoms in total. The Labute approximate surface area is 99.4 Å². The quantitative estimate of drug-likeness (QED) is 0.787. The second kappa shape index (κ2) is 4.84. The van der Waals surface area contributed by atoms with E-state index < -0.39 is 0 Å². The van der Waals surface area contributed by atoms with Gasteiger partial charge in [-0.2, -0.15) is 4.98 Å². The van der Waals surface area contributed by atoms with Crippen molar-refractivity contribution < 1.29 is 4.74 Å². The summed E-state index contributed by atoms with van der Waals surface area (Å²) >= 11 is 5.72. The molecule has 0 aliphatic carbocycles. The van der Waals surface area contributed by atoms with Crippen molar-refractivity contribution in [3.05, 3.63) is 11.5 Å². The minimum absolute atomic E-state index is 0.201. The summed E-state index contributed by atoms with van der Waals surface area (Å²) in [7, 11) is 0. The molecule has 1 aromatic rings. The Kier molecular flexibility index (Phi) is 3.46. The lowest BCUT2D eigenvalue weighted by Gasteiger charge is -2.20. The van der Waals surface area contributed by atoms with Crippen molar-refractivity contribution >= 4 is 23.1 Å². The molecule has 0 saturated carbocycles. The van der Waals surface area contributed by atoms with Gasteiger partial charge >= 0.3 is 0 Å². The number of nitrogen functional groups attached to an aromatic ring is 1. The molecule has 6 heteroatoms. The fourth-order valence-electron chi connectivity index (χ4n) is 1.77. The van der Waals surface area contributed by atoms with E-state index >= 15 is 0 Å². The molecule has 2 atom stereocenters. The third-order valence-electron chi connectivity index (χ3n) is 2.82. The SMILES string of the molecule is CC(Nc1nc(Cl)ncc1N)C1CCOC1. The van der Waals surface area contributed by atoms with E-state index in [1.165, 1.54) is 6.20 Å². The Morgan fingerprint density at radius 1 is 1.69 bits per heavy atom. The first kappa shape index (κ1) is 11.4. The molecular weight excluding hydrogens is 228 g/mol. The molecule has 3 N–H and O–H groups in total. The predicted molar refractivity (Wildman–Crippen MR) is 63.5 cm³/mol. The average molecular weight is 243 g/mol. The van der Waals surface area contributed by atoms with Gasteiger partial charge in [-0.3, -0.25) is 0 Å². The number of rotatable bonds is 3. The Morgan fingerprint density at radius 3 is 3.19 bits per heavy atom. The van der Waals surface area contributed by atoms with Gasteiger partial charge in [0.2, 0.25) is 5.28 Å². The average Bonchev–Trinajstić information content (AvgIpc) is 2.76. The van der Waals surface area contributed by atoms with E-state index in [2.05, 4.69) is 22.2 Å². The van der Waals surface area contributed by atoms with Gasteiger partial charge in [-0.1, -0.05) is 0 Å². The summed E-state index contributed by atoms with van der Waals surface area (Å²) in [5.74, 6) is 1.09. The van der Waals surface area contributed by atoms with Gasteiger partial charge in [-0.25, -0.2) is 4.98 Å². The summed E-state index contributed by atoms with van der Waals surface area (Å²) in [5.41, 5.74) is 6.27. The minimum Gasteiger partial charge on any atom is -0.394 e. The van der Waals surface area contributed by atoms with Crippen molar-refractivity contribution in [2.45, 2.75) is 19.4 Å². The van der Waals surface area contributed by atoms with Crippen molar-refractivity contribution in [1.82, 2.24) is 9.97 Å². The van der Waals surface area contributed by atoms with Crippen LogP contribution in [-0.2, 0) is 4.74 Å². The van der Waals surface area contributed by atoms with E-state index in [1.807, 2.05) is 0 Å². The zero-order valence-corrected chi connectivity index (χ0v) is 9.87. The first-order valence-corrected chi connectivity index (χ1v) is 5.67. The largest absolute Gasteiger partial charge is 0.394 e. The van der Waals surface area contributed by atoms with Crippen LogP contribution in [0.15, 0.2) is 6.20 Å². The highest BCUT2D eigenvalue weighted by Gasteiger charge is 2.22. The van der Waals surface area contributed by atoms with Crippen molar-refractivity contribution in [2.75, 3.05) is 24.3 Å². The van der Waals surface area contributed by atoms with Gasteiger partial charge < -0.3 is 15.8 Å². The minimum atomic E-state index is 0.201. The highest BCUT2D eigenvalue weighted by atomic mass is 35.5. The van der Waals surface area contributed by atoms with Crippen LogP contribution in [-0.4, -0.2) is 29.2 Å². The molecular formula is C10H15ClN4O. The lowest BCUT2D eigenvalue weighted by Crippen LogP contribution is -2.27. The third-order valence-corrected chi connectivity index (χ3v) is 3.01. The molecule has 16 heavy (non-hydrogen) atoms. The second-order valence-corrected chi connectivity index (χ2v) is 4.34. The summed E-state index contributed by atoms with van der Waals surface area (Å²) < 4.78 is 5.34. The van der Waals surface area contributed by atoms with Crippen molar-refractivity contribution in [2.24, 2.45) is 5.92 Å². The number of nitrogens with zero attached hydrogens (tertiary/aromatic N) is 2. The summed E-state index contributed by atoms with van der Waals surface area (Å²) in [6.45, 7) is 3.71. The zero-order valence-electron chi connectivity index (χ0n) is 9.11. The van der Waals surface area contributed by atoms with Crippen LogP contribution in [0.4, 0.5) is 11.5 Å². The van der Waals surface area contributed by atoms with Gasteiger partial charge in [0.25, 0.3) is 0 Å². The van der Waals surface area contributed by atoms with Crippen LogP contribution in [0.2, 0.25) is 5.28 Å². The number of ether oxygens (including phenoxy) is 1. The molecule has 1 aliphatic rings. The van der Waals surface area contributed by atoms with Gasteiger partial charge in [0, 0.05) is 18.6 Å². The van der Waals surface area contributed by atoms with Gasteiger partial charge in [-0.05, 0) is 24.9 Å². The van der Waals surface area contributed by atoms with Gasteiger partial charge in [0.1, 0.15) is 0 Å². The number of nitrogens with one attached hydrogen (secondary N) is 1. The van der Waals surface area contributed by atoms with Crippen molar-refractivity contribution in [3.63, 3.8) is 0 Å². The lowest BCUT2D eigenvalue weighted by molar-refractivity contribution is 0.183. The Hall–Kier alpha value is -1.07. The Morgan fingerprint density at radius 2 is 2.50 bits per heavy atom. The van der Waals surface area contributed by atoms with Crippen LogP contribution in [0.3, 0.4) is 0 Å². The molecule has 0 bridgehead atoms. The molecule has 2 heterocycles. The fourth-order valence-corrected chi connectivity index (χ4v) is 1.90. The van der Waals surface area contributed by atoms with Gasteiger partial charge in [-0.15, -0.1) is 0 Å². The molecule has 2 rings (SSSR count). The molecule has 1 aliphatic heterocycles. The lowest BCUT2D eigenvalue weighted by atomic mass is 10.0. The van der Waals surface area contributed by atoms with Crippen molar-refractivity contribution in [1.29, 1.82) is 0 Å². The third kappa shape index (κ3) is 2.54. The molecule has 1 fully saturated rings. The molecule has 2 unspecified atom stereocenters. The van der Waals surface area contributed by atoms with Gasteiger partial charge in [0.05, 0.1) is 18.5 Å². The van der Waals surface area contributed by atoms with Gasteiger partial charge in [0.15, 0.2) is 5.82 Å². The van der Waals surface area contributed by atoms with Crippen LogP contribution in [0.25, 0.3) is 0 Å². The van der Waals surface area contributed by atoms with E-state index in [1.54, 1.807) is 0 Å². The Bertz CT molecular complexity index is 368. The molecule has 0 amide bonds. The number of aromatic nitrogens is 2. The van der Waals surface area contributed by atoms with E-state index in [-0.39, 0.29) is 11.3 Å². The summed E-state index contributed by atoms with van der Waals surface area (Å²) in [6.07, 6.45) is 2.57. The molecule has 0 radical (unpaired) electrons. The smallest absolute Gasteiger partial charge is 0.224 e. The number of hydrogen-bond donors (Lipinski definition) is 2. The summed E-state index contributed by atoms with van der Waals surface area (Å²) in [6, 6.07) is 0.260. The molecule has 0 spiro atoms. The highest BCUT2D eigenvalue weighted by molar-refractivity contribution is 6.28. The van der Waals surface area contributed by atoms with E-state index in [4.69, 9.17) is 22.1 Å². The van der Waals surface area contributed by atoms with Crippen LogP contribution >= 0.6 is 11.6 Å². The molecule has 0 aromatic carbocycles. The first-order valence-electron chi connectivity index (χ1n) is 5.29. The second-order valence-electron chi connectivity index (χ2n) is 4.00. The zero-order chi connectivity index (χ0) is 11.5. The first-order chi connectivity index (χ1) is 7.66. The number of hydrogen-bond acceptors (Lipinski definition) is 5. The van der Waals surface area contributed by atoms with Crippen LogP contribution in [0, 0.1) is 5.92 Å². The standard InChI is InChI=1S/C10H15ClN4O/c1-6(7-2-3-16-5-7)14-9-8(12)4-13-10(11)15-9/h4,6-7H,2-3,5,12H2,1H3,(H,13,14,15). The molecule has 1 saturated heterocycles. The van der Waals surface area contributed by atoms with Crippen molar-refractivity contribution in [3.8, 4) is 0 Å². The van der Waals surface area contributed by atoms with Crippen LogP contribution in [0.1, 0.15) is 13.3 Å². The maximum absolute atomic E-state index is 5.76. The summed E-state index contributed by atoms with van der Waals surface area (Å²) in [4.78, 5) is 7.87. The van der Waals surface area contributed by atoms with Crippen LogP contribution < -0.4 is 11.1 Å². The molecule has 88 valence electrons. The predicted octanol–water partition coefficient (Wildman–Crippen LogP) is 1.55. The maximum Gasteiger partial charge on any atom is 0.224 e. The summed E-state index contributed by atoms with van der Waals surface area (Å²) in [5, 5.41) is 3.45. The topological polar surface area (TPSA) is 73.1 Å². The normalized spacial score (nSPS) is 22.0. The van der Waals surface area contributed by atoms with E-state index in [0.29, 0.717) is 17.4 Å². The monoisotopic (exact) mass is 242 g/mol. The highest BCUT2D eigenvalue weighted by Crippen LogP contribution is 2.22. The van der Waals surface area contributed by atoms with E-state index in [9.17, 15) is 0 Å². The molecule has 1 aromatic heterocycles.